The Morgan fingerprint density at radius 1 is 1.28 bits per heavy atom. The molecule has 140 valence electrons. The van der Waals surface area contributed by atoms with Gasteiger partial charge in [0.2, 0.25) is 0 Å². The van der Waals surface area contributed by atoms with Gasteiger partial charge >= 0.3 is 6.03 Å². The summed E-state index contributed by atoms with van der Waals surface area (Å²) in [5.41, 5.74) is 0. The number of carbonyl (C=O) groups excluding carboxylic acids is 1. The van der Waals surface area contributed by atoms with E-state index in [9.17, 15) is 4.79 Å². The average molecular weight is 349 g/mol. The lowest BCUT2D eigenvalue weighted by molar-refractivity contribution is 0.0118. The summed E-state index contributed by atoms with van der Waals surface area (Å²) in [7, 11) is 1.92. The quantitative estimate of drug-likeness (QED) is 0.888. The molecule has 25 heavy (non-hydrogen) atoms. The first-order valence-corrected chi connectivity index (χ1v) is 9.54. The predicted octanol–water partition coefficient (Wildman–Crippen LogP) is 2.94. The summed E-state index contributed by atoms with van der Waals surface area (Å²) in [6.45, 7) is 5.69. The van der Waals surface area contributed by atoms with Crippen molar-refractivity contribution in [3.63, 3.8) is 0 Å². The Hall–Kier alpha value is -1.53. The van der Waals surface area contributed by atoms with E-state index in [2.05, 4.69) is 10.2 Å². The molecule has 0 bridgehead atoms. The molecule has 1 unspecified atom stereocenters. The van der Waals surface area contributed by atoms with Crippen LogP contribution in [0.2, 0.25) is 0 Å². The van der Waals surface area contributed by atoms with Crippen LogP contribution in [0.25, 0.3) is 0 Å². The highest BCUT2D eigenvalue weighted by Gasteiger charge is 2.27. The zero-order valence-corrected chi connectivity index (χ0v) is 15.5. The Kier molecular flexibility index (Phi) is 6.37. The van der Waals surface area contributed by atoms with Crippen LogP contribution < -0.4 is 5.32 Å². The summed E-state index contributed by atoms with van der Waals surface area (Å²) in [6.07, 6.45) is 5.99. The second-order valence-corrected chi connectivity index (χ2v) is 7.20. The molecule has 6 nitrogen and oxygen atoms in total. The van der Waals surface area contributed by atoms with E-state index < -0.39 is 0 Å². The topological polar surface area (TPSA) is 58.0 Å². The van der Waals surface area contributed by atoms with Gasteiger partial charge in [0, 0.05) is 32.7 Å². The maximum Gasteiger partial charge on any atom is 0.317 e. The summed E-state index contributed by atoms with van der Waals surface area (Å²) in [5, 5.41) is 3.13. The largest absolute Gasteiger partial charge is 0.465 e. The number of furan rings is 1. The monoisotopic (exact) mass is 349 g/mol. The van der Waals surface area contributed by atoms with E-state index in [1.165, 1.54) is 19.3 Å². The maximum absolute atomic E-state index is 12.6. The van der Waals surface area contributed by atoms with Crippen LogP contribution in [-0.2, 0) is 4.74 Å². The zero-order valence-electron chi connectivity index (χ0n) is 15.5. The third-order valence-corrected chi connectivity index (χ3v) is 5.47. The van der Waals surface area contributed by atoms with Crippen molar-refractivity contribution in [2.24, 2.45) is 0 Å². The van der Waals surface area contributed by atoms with E-state index in [0.717, 1.165) is 50.7 Å². The molecule has 0 spiro atoms. The van der Waals surface area contributed by atoms with Gasteiger partial charge in [0.25, 0.3) is 0 Å². The first-order valence-electron chi connectivity index (χ1n) is 9.54. The highest BCUT2D eigenvalue weighted by Crippen LogP contribution is 2.24. The lowest BCUT2D eigenvalue weighted by atomic mass is 9.95. The summed E-state index contributed by atoms with van der Waals surface area (Å²) < 4.78 is 11.3. The van der Waals surface area contributed by atoms with Gasteiger partial charge in [-0.05, 0) is 31.9 Å². The van der Waals surface area contributed by atoms with Crippen LogP contribution >= 0.6 is 0 Å². The van der Waals surface area contributed by atoms with Gasteiger partial charge in [-0.3, -0.25) is 4.90 Å². The molecule has 2 aliphatic rings. The van der Waals surface area contributed by atoms with Gasteiger partial charge in [0.05, 0.1) is 19.3 Å². The molecule has 1 aliphatic heterocycles. The Morgan fingerprint density at radius 2 is 2.00 bits per heavy atom. The molecule has 3 rings (SSSR count). The molecule has 2 amide bonds. The van der Waals surface area contributed by atoms with Crippen LogP contribution in [0.3, 0.4) is 0 Å². The van der Waals surface area contributed by atoms with Crippen LogP contribution in [-0.4, -0.2) is 61.8 Å². The summed E-state index contributed by atoms with van der Waals surface area (Å²) in [4.78, 5) is 16.8. The second-order valence-electron chi connectivity index (χ2n) is 7.20. The summed E-state index contributed by atoms with van der Waals surface area (Å²) in [5.74, 6) is 1.82. The van der Waals surface area contributed by atoms with Crippen molar-refractivity contribution < 1.29 is 13.9 Å². The fraction of sp³-hybridized carbons (Fsp3) is 0.737. The Morgan fingerprint density at radius 3 is 2.64 bits per heavy atom. The Balaban J connectivity index is 1.60. The molecule has 1 aliphatic carbocycles. The number of ether oxygens (including phenoxy) is 1. The van der Waals surface area contributed by atoms with Crippen LogP contribution in [0.15, 0.2) is 16.5 Å². The Labute approximate surface area is 150 Å². The minimum absolute atomic E-state index is 0.0217. The lowest BCUT2D eigenvalue weighted by Gasteiger charge is -2.35. The van der Waals surface area contributed by atoms with E-state index in [1.54, 1.807) is 0 Å². The standard InChI is InChI=1S/C19H31N3O3/c1-15-8-9-18(25-15)17(22-10-12-24-13-11-22)14-20-19(23)21(2)16-6-4-3-5-7-16/h8-9,16-17H,3-7,10-14H2,1-2H3,(H,20,23). The van der Waals surface area contributed by atoms with Crippen LogP contribution in [0, 0.1) is 6.92 Å². The van der Waals surface area contributed by atoms with Crippen molar-refractivity contribution in [1.29, 1.82) is 0 Å². The maximum atomic E-state index is 12.6. The molecule has 0 aromatic carbocycles. The van der Waals surface area contributed by atoms with Gasteiger partial charge in [-0.25, -0.2) is 4.79 Å². The molecular formula is C19H31N3O3. The minimum atomic E-state index is 0.0217. The first kappa shape index (κ1) is 18.3. The van der Waals surface area contributed by atoms with Gasteiger partial charge in [0.15, 0.2) is 0 Å². The smallest absolute Gasteiger partial charge is 0.317 e. The molecule has 1 N–H and O–H groups in total. The number of amides is 2. The molecule has 1 atom stereocenters. The van der Waals surface area contributed by atoms with Gasteiger partial charge in [-0.1, -0.05) is 19.3 Å². The number of nitrogens with one attached hydrogen (secondary N) is 1. The molecule has 1 aromatic heterocycles. The number of morpholine rings is 1. The van der Waals surface area contributed by atoms with Gasteiger partial charge in [-0.2, -0.15) is 0 Å². The number of rotatable bonds is 5. The summed E-state index contributed by atoms with van der Waals surface area (Å²) in [6, 6.07) is 4.46. The SMILES string of the molecule is Cc1ccc(C(CNC(=O)N(C)C2CCCCC2)N2CCOCC2)o1. The van der Waals surface area contributed by atoms with Crippen LogP contribution in [0.4, 0.5) is 4.79 Å². The zero-order chi connectivity index (χ0) is 17.6. The normalized spacial score (nSPS) is 21.0. The minimum Gasteiger partial charge on any atom is -0.465 e. The van der Waals surface area contributed by atoms with Crippen molar-refractivity contribution in [2.45, 2.75) is 51.1 Å². The van der Waals surface area contributed by atoms with Crippen LogP contribution in [0.5, 0.6) is 0 Å². The van der Waals surface area contributed by atoms with E-state index in [4.69, 9.17) is 9.15 Å². The van der Waals surface area contributed by atoms with Crippen molar-refractivity contribution in [3.8, 4) is 0 Å². The van der Waals surface area contributed by atoms with Gasteiger partial charge < -0.3 is 19.4 Å². The van der Waals surface area contributed by atoms with Crippen LogP contribution in [0.1, 0.15) is 49.7 Å². The van der Waals surface area contributed by atoms with Gasteiger partial charge in [0.1, 0.15) is 11.5 Å². The highest BCUT2D eigenvalue weighted by molar-refractivity contribution is 5.74. The second kappa shape index (κ2) is 8.72. The average Bonchev–Trinajstić information content (AvgIpc) is 3.09. The predicted molar refractivity (Wildman–Crippen MR) is 96.6 cm³/mol. The van der Waals surface area contributed by atoms with E-state index in [0.29, 0.717) is 12.6 Å². The lowest BCUT2D eigenvalue weighted by Crippen LogP contribution is -2.48. The molecule has 2 fully saturated rings. The number of hydrogen-bond acceptors (Lipinski definition) is 4. The Bertz CT molecular complexity index is 548. The third kappa shape index (κ3) is 4.76. The molecule has 1 saturated carbocycles. The third-order valence-electron chi connectivity index (χ3n) is 5.47. The first-order chi connectivity index (χ1) is 12.1. The highest BCUT2D eigenvalue weighted by atomic mass is 16.5. The molecular weight excluding hydrogens is 318 g/mol. The van der Waals surface area contributed by atoms with Gasteiger partial charge in [-0.15, -0.1) is 0 Å². The fourth-order valence-electron chi connectivity index (χ4n) is 3.87. The molecule has 1 saturated heterocycles. The van der Waals surface area contributed by atoms with E-state index in [-0.39, 0.29) is 12.1 Å². The molecule has 0 radical (unpaired) electrons. The molecule has 6 heteroatoms. The summed E-state index contributed by atoms with van der Waals surface area (Å²) >= 11 is 0. The fourth-order valence-corrected chi connectivity index (χ4v) is 3.87. The van der Waals surface area contributed by atoms with Crippen molar-refractivity contribution in [1.82, 2.24) is 15.1 Å². The van der Waals surface area contributed by atoms with E-state index >= 15 is 0 Å². The number of urea groups is 1. The molecule has 1 aromatic rings. The molecule has 2 heterocycles. The van der Waals surface area contributed by atoms with Crippen molar-refractivity contribution in [3.05, 3.63) is 23.7 Å². The van der Waals surface area contributed by atoms with Crippen molar-refractivity contribution >= 4 is 6.03 Å². The number of carbonyl (C=O) groups is 1. The number of aryl methyl sites for hydroxylation is 1. The number of hydrogen-bond donors (Lipinski definition) is 1. The number of nitrogens with zero attached hydrogens (tertiary/aromatic N) is 2. The van der Waals surface area contributed by atoms with E-state index in [1.807, 2.05) is 31.0 Å². The van der Waals surface area contributed by atoms with Crippen molar-refractivity contribution in [2.75, 3.05) is 39.9 Å².